The number of halogens is 1. The maximum absolute atomic E-state index is 9.43. The Labute approximate surface area is 112 Å². The van der Waals surface area contributed by atoms with Crippen molar-refractivity contribution in [2.45, 2.75) is 39.2 Å². The van der Waals surface area contributed by atoms with Crippen molar-refractivity contribution in [1.82, 2.24) is 15.0 Å². The van der Waals surface area contributed by atoms with Crippen LogP contribution < -0.4 is 10.6 Å². The highest BCUT2D eigenvalue weighted by Gasteiger charge is 2.05. The summed E-state index contributed by atoms with van der Waals surface area (Å²) >= 11 is 5.81. The minimum absolute atomic E-state index is 0.155. The molecule has 0 bridgehead atoms. The largest absolute Gasteiger partial charge is 0.393 e. The molecule has 3 N–H and O–H groups in total. The van der Waals surface area contributed by atoms with Gasteiger partial charge in [-0.3, -0.25) is 0 Å². The SMILES string of the molecule is CCCNc1nc(Cl)nc(NCCC(O)CC)n1. The second-order valence-corrected chi connectivity index (χ2v) is 4.29. The molecule has 1 aromatic heterocycles. The van der Waals surface area contributed by atoms with E-state index in [1.807, 2.05) is 6.92 Å². The summed E-state index contributed by atoms with van der Waals surface area (Å²) in [6.45, 7) is 5.38. The van der Waals surface area contributed by atoms with Gasteiger partial charge < -0.3 is 15.7 Å². The molecule has 0 saturated heterocycles. The summed E-state index contributed by atoms with van der Waals surface area (Å²) in [6, 6.07) is 0. The molecular formula is C11H20ClN5O. The van der Waals surface area contributed by atoms with Crippen LogP contribution in [0.2, 0.25) is 5.28 Å². The molecule has 0 aromatic carbocycles. The first-order chi connectivity index (χ1) is 8.65. The van der Waals surface area contributed by atoms with Gasteiger partial charge in [-0.2, -0.15) is 15.0 Å². The maximum atomic E-state index is 9.43. The van der Waals surface area contributed by atoms with Crippen LogP contribution in [0.15, 0.2) is 0 Å². The predicted molar refractivity (Wildman–Crippen MR) is 73.0 cm³/mol. The minimum Gasteiger partial charge on any atom is -0.393 e. The van der Waals surface area contributed by atoms with Crippen LogP contribution in [0.5, 0.6) is 0 Å². The highest BCUT2D eigenvalue weighted by Crippen LogP contribution is 2.09. The van der Waals surface area contributed by atoms with Crippen molar-refractivity contribution in [3.63, 3.8) is 0 Å². The number of hydrogen-bond acceptors (Lipinski definition) is 6. The van der Waals surface area contributed by atoms with E-state index >= 15 is 0 Å². The molecule has 18 heavy (non-hydrogen) atoms. The van der Waals surface area contributed by atoms with Crippen molar-refractivity contribution in [2.75, 3.05) is 23.7 Å². The van der Waals surface area contributed by atoms with Crippen molar-refractivity contribution in [3.8, 4) is 0 Å². The smallest absolute Gasteiger partial charge is 0.228 e. The van der Waals surface area contributed by atoms with E-state index in [-0.39, 0.29) is 11.4 Å². The van der Waals surface area contributed by atoms with Crippen LogP contribution in [-0.2, 0) is 0 Å². The highest BCUT2D eigenvalue weighted by molar-refractivity contribution is 6.28. The van der Waals surface area contributed by atoms with E-state index in [9.17, 15) is 5.11 Å². The van der Waals surface area contributed by atoms with Crippen molar-refractivity contribution in [2.24, 2.45) is 0 Å². The summed E-state index contributed by atoms with van der Waals surface area (Å²) in [6.07, 6.45) is 2.07. The van der Waals surface area contributed by atoms with E-state index in [1.165, 1.54) is 0 Å². The third-order valence-corrected chi connectivity index (χ3v) is 2.54. The molecule has 0 radical (unpaired) electrons. The Bertz CT molecular complexity index is 363. The molecule has 0 spiro atoms. The lowest BCUT2D eigenvalue weighted by atomic mass is 10.2. The van der Waals surface area contributed by atoms with Crippen molar-refractivity contribution >= 4 is 23.5 Å². The van der Waals surface area contributed by atoms with E-state index in [4.69, 9.17) is 11.6 Å². The number of aliphatic hydroxyl groups excluding tert-OH is 1. The average molecular weight is 274 g/mol. The van der Waals surface area contributed by atoms with Gasteiger partial charge in [0.2, 0.25) is 17.2 Å². The molecule has 1 aromatic rings. The Morgan fingerprint density at radius 1 is 1.11 bits per heavy atom. The monoisotopic (exact) mass is 273 g/mol. The minimum atomic E-state index is -0.299. The molecule has 1 unspecified atom stereocenters. The van der Waals surface area contributed by atoms with Crippen LogP contribution in [0.1, 0.15) is 33.1 Å². The molecule has 0 aliphatic heterocycles. The molecule has 0 saturated carbocycles. The predicted octanol–water partition coefficient (Wildman–Crippen LogP) is 1.92. The highest BCUT2D eigenvalue weighted by atomic mass is 35.5. The standard InChI is InChI=1S/C11H20ClN5O/c1-3-6-13-10-15-9(12)16-11(17-10)14-7-5-8(18)4-2/h8,18H,3-7H2,1-2H3,(H2,13,14,15,16,17). The van der Waals surface area contributed by atoms with Crippen molar-refractivity contribution in [3.05, 3.63) is 5.28 Å². The van der Waals surface area contributed by atoms with Crippen molar-refractivity contribution in [1.29, 1.82) is 0 Å². The fourth-order valence-electron chi connectivity index (χ4n) is 1.30. The van der Waals surface area contributed by atoms with Gasteiger partial charge in [0.1, 0.15) is 0 Å². The molecule has 102 valence electrons. The molecule has 1 rings (SSSR count). The zero-order chi connectivity index (χ0) is 13.4. The first-order valence-corrected chi connectivity index (χ1v) is 6.60. The fourth-order valence-corrected chi connectivity index (χ4v) is 1.46. The second-order valence-electron chi connectivity index (χ2n) is 3.96. The third-order valence-electron chi connectivity index (χ3n) is 2.37. The Morgan fingerprint density at radius 2 is 1.72 bits per heavy atom. The number of aliphatic hydroxyl groups is 1. The summed E-state index contributed by atoms with van der Waals surface area (Å²) in [7, 11) is 0. The molecule has 7 heteroatoms. The van der Waals surface area contributed by atoms with E-state index < -0.39 is 0 Å². The molecular weight excluding hydrogens is 254 g/mol. The summed E-state index contributed by atoms with van der Waals surface area (Å²) in [5, 5.41) is 15.7. The lowest BCUT2D eigenvalue weighted by Crippen LogP contribution is -2.15. The van der Waals surface area contributed by atoms with Gasteiger partial charge in [0.05, 0.1) is 6.10 Å². The molecule has 0 fully saturated rings. The Balaban J connectivity index is 2.51. The summed E-state index contributed by atoms with van der Waals surface area (Å²) in [5.41, 5.74) is 0. The third kappa shape index (κ3) is 5.46. The van der Waals surface area contributed by atoms with Gasteiger partial charge in [0, 0.05) is 13.1 Å². The first kappa shape index (κ1) is 14.9. The number of hydrogen-bond donors (Lipinski definition) is 3. The van der Waals surface area contributed by atoms with Crippen LogP contribution in [0.3, 0.4) is 0 Å². The van der Waals surface area contributed by atoms with Crippen LogP contribution in [0, 0.1) is 0 Å². The first-order valence-electron chi connectivity index (χ1n) is 6.23. The lowest BCUT2D eigenvalue weighted by Gasteiger charge is -2.09. The van der Waals surface area contributed by atoms with Gasteiger partial charge in [-0.1, -0.05) is 13.8 Å². The number of aromatic nitrogens is 3. The molecule has 6 nitrogen and oxygen atoms in total. The second kappa shape index (κ2) is 8.05. The van der Waals surface area contributed by atoms with Crippen LogP contribution in [-0.4, -0.2) is 39.3 Å². The van der Waals surface area contributed by atoms with Gasteiger partial charge >= 0.3 is 0 Å². The Hall–Kier alpha value is -1.14. The Kier molecular flexibility index (Phi) is 6.67. The number of nitrogens with zero attached hydrogens (tertiary/aromatic N) is 3. The van der Waals surface area contributed by atoms with E-state index in [1.54, 1.807) is 0 Å². The van der Waals surface area contributed by atoms with Gasteiger partial charge in [0.25, 0.3) is 0 Å². The van der Waals surface area contributed by atoms with Gasteiger partial charge in [-0.25, -0.2) is 0 Å². The van der Waals surface area contributed by atoms with Crippen LogP contribution in [0.25, 0.3) is 0 Å². The van der Waals surface area contributed by atoms with Gasteiger partial charge in [-0.15, -0.1) is 0 Å². The molecule has 1 atom stereocenters. The topological polar surface area (TPSA) is 83.0 Å². The zero-order valence-corrected chi connectivity index (χ0v) is 11.5. The zero-order valence-electron chi connectivity index (χ0n) is 10.8. The number of rotatable bonds is 8. The maximum Gasteiger partial charge on any atom is 0.228 e. The van der Waals surface area contributed by atoms with Crippen molar-refractivity contribution < 1.29 is 5.11 Å². The van der Waals surface area contributed by atoms with E-state index in [0.29, 0.717) is 24.9 Å². The number of anilines is 2. The summed E-state index contributed by atoms with van der Waals surface area (Å²) < 4.78 is 0. The fraction of sp³-hybridized carbons (Fsp3) is 0.727. The summed E-state index contributed by atoms with van der Waals surface area (Å²) in [5.74, 6) is 0.896. The molecule has 0 aliphatic rings. The van der Waals surface area contributed by atoms with Crippen LogP contribution >= 0.6 is 11.6 Å². The molecule has 0 amide bonds. The normalized spacial score (nSPS) is 12.2. The average Bonchev–Trinajstić information content (AvgIpc) is 2.35. The summed E-state index contributed by atoms with van der Waals surface area (Å²) in [4.78, 5) is 12.1. The van der Waals surface area contributed by atoms with Crippen LogP contribution in [0.4, 0.5) is 11.9 Å². The van der Waals surface area contributed by atoms with E-state index in [2.05, 4.69) is 32.5 Å². The number of nitrogens with one attached hydrogen (secondary N) is 2. The Morgan fingerprint density at radius 3 is 2.28 bits per heavy atom. The van der Waals surface area contributed by atoms with Gasteiger partial charge in [0.15, 0.2) is 0 Å². The quantitative estimate of drug-likeness (QED) is 0.671. The molecule has 1 heterocycles. The van der Waals surface area contributed by atoms with Gasteiger partial charge in [-0.05, 0) is 30.9 Å². The van der Waals surface area contributed by atoms with E-state index in [0.717, 1.165) is 19.4 Å². The lowest BCUT2D eigenvalue weighted by molar-refractivity contribution is 0.164. The molecule has 0 aliphatic carbocycles.